The molecule has 0 bridgehead atoms. The summed E-state index contributed by atoms with van der Waals surface area (Å²) < 4.78 is 28.1. The van der Waals surface area contributed by atoms with E-state index < -0.39 is 11.6 Å². The molecule has 0 radical (unpaired) electrons. The van der Waals surface area contributed by atoms with E-state index >= 15 is 0 Å². The van der Waals surface area contributed by atoms with Gasteiger partial charge in [-0.05, 0) is 28.6 Å². The summed E-state index contributed by atoms with van der Waals surface area (Å²) in [6.07, 6.45) is 0. The van der Waals surface area contributed by atoms with Crippen LogP contribution in [-0.4, -0.2) is 0 Å². The van der Waals surface area contributed by atoms with Gasteiger partial charge in [0.2, 0.25) is 0 Å². The minimum Gasteiger partial charge on any atom is -0.206 e. The van der Waals surface area contributed by atoms with Crippen LogP contribution in [0.4, 0.5) is 8.78 Å². The average molecular weight is 298 g/mol. The Bertz CT molecular complexity index is 797. The van der Waals surface area contributed by atoms with E-state index in [1.54, 1.807) is 24.3 Å². The fourth-order valence-electron chi connectivity index (χ4n) is 2.34. The Labute approximate surface area is 124 Å². The topological polar surface area (TPSA) is 0 Å². The third-order valence-electron chi connectivity index (χ3n) is 3.40. The van der Waals surface area contributed by atoms with Crippen molar-refractivity contribution in [3.63, 3.8) is 0 Å². The molecule has 21 heavy (non-hydrogen) atoms. The molecule has 3 aromatic carbocycles. The van der Waals surface area contributed by atoms with Gasteiger partial charge in [-0.25, -0.2) is 8.78 Å². The van der Waals surface area contributed by atoms with Crippen LogP contribution < -0.4 is 5.30 Å². The van der Waals surface area contributed by atoms with E-state index in [2.05, 4.69) is 9.24 Å². The van der Waals surface area contributed by atoms with Crippen molar-refractivity contribution >= 4 is 14.5 Å². The summed E-state index contributed by atoms with van der Waals surface area (Å²) in [6.45, 7) is 0. The van der Waals surface area contributed by atoms with Crippen molar-refractivity contribution in [1.82, 2.24) is 0 Å². The molecule has 0 aliphatic carbocycles. The lowest BCUT2D eigenvalue weighted by atomic mass is 9.99. The summed E-state index contributed by atoms with van der Waals surface area (Å²) in [5.74, 6) is -0.846. The molecule has 104 valence electrons. The number of rotatable bonds is 2. The summed E-state index contributed by atoms with van der Waals surface area (Å²) in [5.41, 5.74) is 2.28. The van der Waals surface area contributed by atoms with Gasteiger partial charge in [0.25, 0.3) is 0 Å². The number of halogens is 2. The van der Waals surface area contributed by atoms with Crippen molar-refractivity contribution in [2.24, 2.45) is 0 Å². The second-order valence-corrected chi connectivity index (χ2v) is 5.38. The first-order chi connectivity index (χ1) is 10.2. The van der Waals surface area contributed by atoms with Crippen LogP contribution >= 0.6 is 9.24 Å². The molecule has 0 spiro atoms. The largest absolute Gasteiger partial charge is 0.206 e. The molecule has 0 fully saturated rings. The van der Waals surface area contributed by atoms with E-state index in [0.29, 0.717) is 0 Å². The summed E-state index contributed by atoms with van der Waals surface area (Å²) in [4.78, 5) is 0. The Hall–Kier alpha value is -2.05. The van der Waals surface area contributed by atoms with Crippen molar-refractivity contribution in [3.8, 4) is 22.3 Å². The van der Waals surface area contributed by atoms with Gasteiger partial charge in [0.15, 0.2) is 0 Å². The molecule has 0 saturated carbocycles. The summed E-state index contributed by atoms with van der Waals surface area (Å²) in [6, 6.07) is 18.8. The average Bonchev–Trinajstić information content (AvgIpc) is 2.49. The molecule has 1 atom stereocenters. The SMILES string of the molecule is Fc1ccccc1-c1ccc(-c2ccccc2P)cc1F. The molecule has 3 heteroatoms. The van der Waals surface area contributed by atoms with Gasteiger partial charge in [-0.15, -0.1) is 9.24 Å². The molecule has 0 saturated heterocycles. The van der Waals surface area contributed by atoms with Crippen LogP contribution in [0.3, 0.4) is 0 Å². The first-order valence-corrected chi connectivity index (χ1v) is 7.14. The lowest BCUT2D eigenvalue weighted by molar-refractivity contribution is 0.616. The molecule has 0 aliphatic rings. The Morgan fingerprint density at radius 3 is 1.90 bits per heavy atom. The highest BCUT2D eigenvalue weighted by Gasteiger charge is 2.11. The molecular weight excluding hydrogens is 285 g/mol. The molecule has 0 aliphatic heterocycles. The van der Waals surface area contributed by atoms with E-state index in [-0.39, 0.29) is 11.1 Å². The second kappa shape index (κ2) is 5.75. The first-order valence-electron chi connectivity index (χ1n) is 6.56. The Balaban J connectivity index is 2.09. The minimum absolute atomic E-state index is 0.276. The van der Waals surface area contributed by atoms with E-state index in [1.165, 1.54) is 12.1 Å². The van der Waals surface area contributed by atoms with Gasteiger partial charge in [-0.1, -0.05) is 54.6 Å². The van der Waals surface area contributed by atoms with Crippen LogP contribution in [0, 0.1) is 11.6 Å². The Morgan fingerprint density at radius 1 is 0.619 bits per heavy atom. The lowest BCUT2D eigenvalue weighted by Crippen LogP contribution is -1.96. The zero-order valence-electron chi connectivity index (χ0n) is 11.2. The highest BCUT2D eigenvalue weighted by Crippen LogP contribution is 2.29. The van der Waals surface area contributed by atoms with Crippen LogP contribution in [0.25, 0.3) is 22.3 Å². The summed E-state index contributed by atoms with van der Waals surface area (Å²) in [5, 5.41) is 0.996. The molecule has 3 rings (SSSR count). The van der Waals surface area contributed by atoms with Gasteiger partial charge >= 0.3 is 0 Å². The predicted molar refractivity (Wildman–Crippen MR) is 86.6 cm³/mol. The highest BCUT2D eigenvalue weighted by molar-refractivity contribution is 7.28. The van der Waals surface area contributed by atoms with Crippen molar-refractivity contribution < 1.29 is 8.78 Å². The van der Waals surface area contributed by atoms with Crippen LogP contribution in [-0.2, 0) is 0 Å². The molecular formula is C18H13F2P. The van der Waals surface area contributed by atoms with Crippen LogP contribution in [0.5, 0.6) is 0 Å². The van der Waals surface area contributed by atoms with E-state index in [4.69, 9.17) is 0 Å². The number of benzene rings is 3. The lowest BCUT2D eigenvalue weighted by Gasteiger charge is -2.09. The zero-order chi connectivity index (χ0) is 14.8. The predicted octanol–water partition coefficient (Wildman–Crippen LogP) is 4.80. The molecule has 0 nitrogen and oxygen atoms in total. The maximum Gasteiger partial charge on any atom is 0.131 e. The third kappa shape index (κ3) is 2.72. The molecule has 0 heterocycles. The highest BCUT2D eigenvalue weighted by atomic mass is 31.0. The molecule has 1 unspecified atom stereocenters. The number of hydrogen-bond acceptors (Lipinski definition) is 0. The van der Waals surface area contributed by atoms with Crippen molar-refractivity contribution in [2.75, 3.05) is 0 Å². The van der Waals surface area contributed by atoms with Gasteiger partial charge in [0.05, 0.1) is 0 Å². The standard InChI is InChI=1S/C18H13F2P/c19-16-7-3-1-6-14(16)15-10-9-12(11-17(15)20)13-5-2-4-8-18(13)21/h1-11H,21H2. The van der Waals surface area contributed by atoms with Gasteiger partial charge in [0.1, 0.15) is 11.6 Å². The molecule has 0 amide bonds. The van der Waals surface area contributed by atoms with Gasteiger partial charge in [-0.3, -0.25) is 0 Å². The summed E-state index contributed by atoms with van der Waals surface area (Å²) >= 11 is 0. The zero-order valence-corrected chi connectivity index (χ0v) is 12.3. The normalized spacial score (nSPS) is 10.6. The summed E-state index contributed by atoms with van der Waals surface area (Å²) in [7, 11) is 2.64. The Morgan fingerprint density at radius 2 is 1.24 bits per heavy atom. The maximum absolute atomic E-state index is 14.4. The first kappa shape index (κ1) is 13.9. The van der Waals surface area contributed by atoms with Crippen molar-refractivity contribution in [3.05, 3.63) is 78.4 Å². The smallest absolute Gasteiger partial charge is 0.131 e. The van der Waals surface area contributed by atoms with Gasteiger partial charge in [-0.2, -0.15) is 0 Å². The molecule has 3 aromatic rings. The van der Waals surface area contributed by atoms with Crippen LogP contribution in [0.2, 0.25) is 0 Å². The fraction of sp³-hybridized carbons (Fsp3) is 0. The monoisotopic (exact) mass is 298 g/mol. The second-order valence-electron chi connectivity index (χ2n) is 4.76. The quantitative estimate of drug-likeness (QED) is 0.596. The Kier molecular flexibility index (Phi) is 3.81. The number of hydrogen-bond donors (Lipinski definition) is 0. The maximum atomic E-state index is 14.4. The van der Waals surface area contributed by atoms with Gasteiger partial charge in [0, 0.05) is 11.1 Å². The van der Waals surface area contributed by atoms with Crippen LogP contribution in [0.15, 0.2) is 66.7 Å². The minimum atomic E-state index is -0.425. The molecule has 0 aromatic heterocycles. The van der Waals surface area contributed by atoms with Crippen molar-refractivity contribution in [2.45, 2.75) is 0 Å². The molecule has 0 N–H and O–H groups in total. The third-order valence-corrected chi connectivity index (χ3v) is 3.91. The van der Waals surface area contributed by atoms with Crippen molar-refractivity contribution in [1.29, 1.82) is 0 Å². The van der Waals surface area contributed by atoms with E-state index in [1.807, 2.05) is 30.3 Å². The fourth-order valence-corrected chi connectivity index (χ4v) is 2.71. The van der Waals surface area contributed by atoms with Gasteiger partial charge < -0.3 is 0 Å². The van der Waals surface area contributed by atoms with E-state index in [9.17, 15) is 8.78 Å². The van der Waals surface area contributed by atoms with E-state index in [0.717, 1.165) is 16.4 Å². The van der Waals surface area contributed by atoms with Crippen LogP contribution in [0.1, 0.15) is 0 Å².